The van der Waals surface area contributed by atoms with E-state index < -0.39 is 29.7 Å². The van der Waals surface area contributed by atoms with Crippen molar-refractivity contribution in [2.24, 2.45) is 5.92 Å². The molecule has 1 aliphatic rings. The van der Waals surface area contributed by atoms with Gasteiger partial charge in [0.1, 0.15) is 23.4 Å². The number of ether oxygens (including phenoxy) is 1. The second-order valence-electron chi connectivity index (χ2n) is 10.9. The van der Waals surface area contributed by atoms with Gasteiger partial charge in [-0.05, 0) is 63.6 Å². The zero-order valence-electron chi connectivity index (χ0n) is 22.3. The lowest BCUT2D eigenvalue weighted by Crippen LogP contribution is -2.54. The summed E-state index contributed by atoms with van der Waals surface area (Å²) in [5, 5.41) is 25.4. The van der Waals surface area contributed by atoms with Crippen LogP contribution >= 0.6 is 0 Å². The maximum Gasteiger partial charge on any atom is 0.408 e. The zero-order chi connectivity index (χ0) is 26.9. The fourth-order valence-corrected chi connectivity index (χ4v) is 4.47. The van der Waals surface area contributed by atoms with Crippen LogP contribution < -0.4 is 10.6 Å². The number of benzene rings is 1. The number of nitrogens with zero attached hydrogens (tertiary/aromatic N) is 1. The summed E-state index contributed by atoms with van der Waals surface area (Å²) in [6.07, 6.45) is 4.55. The van der Waals surface area contributed by atoms with Crippen molar-refractivity contribution >= 4 is 17.9 Å². The van der Waals surface area contributed by atoms with Crippen molar-refractivity contribution < 1.29 is 29.3 Å². The van der Waals surface area contributed by atoms with Gasteiger partial charge in [0.15, 0.2) is 0 Å². The molecule has 0 bridgehead atoms. The van der Waals surface area contributed by atoms with E-state index in [9.17, 15) is 24.6 Å². The van der Waals surface area contributed by atoms with Crippen molar-refractivity contribution in [3.8, 4) is 5.75 Å². The summed E-state index contributed by atoms with van der Waals surface area (Å²) in [6, 6.07) is 4.14. The van der Waals surface area contributed by atoms with Crippen LogP contribution in [0.2, 0.25) is 0 Å². The summed E-state index contributed by atoms with van der Waals surface area (Å²) in [4.78, 5) is 41.3. The molecule has 202 valence electrons. The molecule has 0 spiro atoms. The van der Waals surface area contributed by atoms with E-state index in [1.165, 1.54) is 17.0 Å². The number of carbonyl (C=O) groups excluding carboxylic acids is 3. The van der Waals surface area contributed by atoms with Crippen LogP contribution in [0.15, 0.2) is 24.3 Å². The first-order valence-corrected chi connectivity index (χ1v) is 12.9. The Balaban J connectivity index is 2.40. The SMILES string of the molecule is CC(C)CC(NC(=O)OC(C)(C)C)C(=O)N(CCO)C(C(=O)NC1CCCCC1)c1ccc(O)cc1. The van der Waals surface area contributed by atoms with Crippen LogP contribution in [-0.4, -0.2) is 63.9 Å². The number of aliphatic hydroxyl groups is 1. The van der Waals surface area contributed by atoms with Crippen molar-refractivity contribution in [1.82, 2.24) is 15.5 Å². The Hall–Kier alpha value is -2.81. The third kappa shape index (κ3) is 9.33. The van der Waals surface area contributed by atoms with Crippen LogP contribution in [0.4, 0.5) is 4.79 Å². The molecule has 1 saturated carbocycles. The van der Waals surface area contributed by atoms with E-state index in [4.69, 9.17) is 4.74 Å². The average molecular weight is 506 g/mol. The molecule has 1 aliphatic carbocycles. The third-order valence-corrected chi connectivity index (χ3v) is 6.04. The predicted molar refractivity (Wildman–Crippen MR) is 137 cm³/mol. The van der Waals surface area contributed by atoms with Crippen molar-refractivity contribution in [3.05, 3.63) is 29.8 Å². The number of phenols is 1. The molecule has 2 unspecified atom stereocenters. The minimum atomic E-state index is -1.04. The lowest BCUT2D eigenvalue weighted by molar-refractivity contribution is -0.143. The normalized spacial score (nSPS) is 16.2. The first-order chi connectivity index (χ1) is 16.9. The predicted octanol–water partition coefficient (Wildman–Crippen LogP) is 3.64. The Morgan fingerprint density at radius 3 is 2.22 bits per heavy atom. The largest absolute Gasteiger partial charge is 0.508 e. The fourth-order valence-electron chi connectivity index (χ4n) is 4.47. The molecule has 2 rings (SSSR count). The summed E-state index contributed by atoms with van der Waals surface area (Å²) in [5.74, 6) is -0.738. The molecule has 2 atom stereocenters. The van der Waals surface area contributed by atoms with E-state index in [-0.39, 0.29) is 36.8 Å². The van der Waals surface area contributed by atoms with Gasteiger partial charge in [0, 0.05) is 12.6 Å². The molecule has 4 N–H and O–H groups in total. The van der Waals surface area contributed by atoms with Crippen LogP contribution in [0.5, 0.6) is 5.75 Å². The number of nitrogens with one attached hydrogen (secondary N) is 2. The third-order valence-electron chi connectivity index (χ3n) is 6.04. The van der Waals surface area contributed by atoms with Crippen molar-refractivity contribution in [2.75, 3.05) is 13.2 Å². The summed E-state index contributed by atoms with van der Waals surface area (Å²) in [5.41, 5.74) is -0.238. The number of rotatable bonds is 10. The van der Waals surface area contributed by atoms with Gasteiger partial charge in [0.2, 0.25) is 11.8 Å². The van der Waals surface area contributed by atoms with Crippen LogP contribution in [0.1, 0.15) is 84.7 Å². The maximum atomic E-state index is 13.9. The highest BCUT2D eigenvalue weighted by Crippen LogP contribution is 2.27. The average Bonchev–Trinajstić information content (AvgIpc) is 2.78. The van der Waals surface area contributed by atoms with Crippen LogP contribution in [-0.2, 0) is 14.3 Å². The van der Waals surface area contributed by atoms with Gasteiger partial charge in [-0.3, -0.25) is 9.59 Å². The van der Waals surface area contributed by atoms with Gasteiger partial charge in [-0.25, -0.2) is 4.79 Å². The van der Waals surface area contributed by atoms with Gasteiger partial charge < -0.3 is 30.5 Å². The van der Waals surface area contributed by atoms with Gasteiger partial charge in [-0.15, -0.1) is 0 Å². The molecule has 9 nitrogen and oxygen atoms in total. The molecule has 1 fully saturated rings. The van der Waals surface area contributed by atoms with Gasteiger partial charge in [0.05, 0.1) is 6.61 Å². The molecule has 0 radical (unpaired) electrons. The Labute approximate surface area is 214 Å². The Kier molecular flexibility index (Phi) is 11.0. The molecule has 0 saturated heterocycles. The van der Waals surface area contributed by atoms with Gasteiger partial charge in [-0.1, -0.05) is 45.2 Å². The highest BCUT2D eigenvalue weighted by atomic mass is 16.6. The van der Waals surface area contributed by atoms with E-state index in [2.05, 4.69) is 10.6 Å². The molecule has 3 amide bonds. The molecule has 0 heterocycles. The summed E-state index contributed by atoms with van der Waals surface area (Å²) >= 11 is 0. The molecule has 0 aliphatic heterocycles. The standard InChI is InChI=1S/C27H43N3O6/c1-18(2)17-22(29-26(35)36-27(3,4)5)25(34)30(15-16-31)23(19-11-13-21(32)14-12-19)24(33)28-20-9-7-6-8-10-20/h11-14,18,20,22-23,31-32H,6-10,15-17H2,1-5H3,(H,28,33)(H,29,35). The van der Waals surface area contributed by atoms with Crippen LogP contribution in [0.25, 0.3) is 0 Å². The maximum absolute atomic E-state index is 13.9. The van der Waals surface area contributed by atoms with Crippen LogP contribution in [0, 0.1) is 5.92 Å². The number of phenolic OH excluding ortho intramolecular Hbond substituents is 1. The first kappa shape index (κ1) is 29.4. The van der Waals surface area contributed by atoms with Gasteiger partial charge in [0.25, 0.3) is 0 Å². The quantitative estimate of drug-likeness (QED) is 0.384. The number of alkyl carbamates (subject to hydrolysis) is 1. The summed E-state index contributed by atoms with van der Waals surface area (Å²) in [7, 11) is 0. The molecule has 9 heteroatoms. The van der Waals surface area contributed by atoms with Gasteiger partial charge in [-0.2, -0.15) is 0 Å². The lowest BCUT2D eigenvalue weighted by Gasteiger charge is -2.35. The van der Waals surface area contributed by atoms with Crippen molar-refractivity contribution in [1.29, 1.82) is 0 Å². The second-order valence-corrected chi connectivity index (χ2v) is 10.9. The van der Waals surface area contributed by atoms with Crippen LogP contribution in [0.3, 0.4) is 0 Å². The molecule has 1 aromatic rings. The highest BCUT2D eigenvalue weighted by molar-refractivity contribution is 5.92. The van der Waals surface area contributed by atoms with E-state index in [0.717, 1.165) is 32.1 Å². The number of hydrogen-bond donors (Lipinski definition) is 4. The van der Waals surface area contributed by atoms with E-state index in [0.29, 0.717) is 12.0 Å². The molecule has 1 aromatic carbocycles. The van der Waals surface area contributed by atoms with E-state index in [1.807, 2.05) is 13.8 Å². The number of aromatic hydroxyl groups is 1. The Morgan fingerprint density at radius 2 is 1.69 bits per heavy atom. The molecular formula is C27H43N3O6. The second kappa shape index (κ2) is 13.5. The monoisotopic (exact) mass is 505 g/mol. The topological polar surface area (TPSA) is 128 Å². The minimum Gasteiger partial charge on any atom is -0.508 e. The highest BCUT2D eigenvalue weighted by Gasteiger charge is 2.37. The minimum absolute atomic E-state index is 0.0169. The summed E-state index contributed by atoms with van der Waals surface area (Å²) < 4.78 is 5.37. The molecule has 36 heavy (non-hydrogen) atoms. The van der Waals surface area contributed by atoms with Crippen molar-refractivity contribution in [2.45, 2.75) is 96.9 Å². The number of amides is 3. The lowest BCUT2D eigenvalue weighted by atomic mass is 9.94. The number of carbonyl (C=O) groups is 3. The Morgan fingerprint density at radius 1 is 1.08 bits per heavy atom. The Bertz CT molecular complexity index is 859. The molecular weight excluding hydrogens is 462 g/mol. The fraction of sp³-hybridized carbons (Fsp3) is 0.667. The zero-order valence-corrected chi connectivity index (χ0v) is 22.3. The number of aliphatic hydroxyl groups excluding tert-OH is 1. The smallest absolute Gasteiger partial charge is 0.408 e. The van der Waals surface area contributed by atoms with E-state index in [1.54, 1.807) is 32.9 Å². The van der Waals surface area contributed by atoms with Gasteiger partial charge >= 0.3 is 6.09 Å². The first-order valence-electron chi connectivity index (χ1n) is 12.9. The van der Waals surface area contributed by atoms with E-state index >= 15 is 0 Å². The van der Waals surface area contributed by atoms with Crippen molar-refractivity contribution in [3.63, 3.8) is 0 Å². The summed E-state index contributed by atoms with van der Waals surface area (Å²) in [6.45, 7) is 8.60. The molecule has 0 aromatic heterocycles. The number of hydrogen-bond acceptors (Lipinski definition) is 6.